The Hall–Kier alpha value is -2.75. The third kappa shape index (κ3) is 3.59. The van der Waals surface area contributed by atoms with Gasteiger partial charge in [-0.05, 0) is 13.8 Å². The second-order valence-corrected chi connectivity index (χ2v) is 6.25. The Morgan fingerprint density at radius 2 is 1.96 bits per heavy atom. The number of nitrogens with one attached hydrogen (secondary N) is 2. The number of piperazine rings is 1. The third-order valence-electron chi connectivity index (χ3n) is 4.62. The molecular weight excluding hydrogens is 336 g/mol. The van der Waals surface area contributed by atoms with E-state index in [9.17, 15) is 9.59 Å². The molecule has 0 radical (unpaired) electrons. The maximum absolute atomic E-state index is 12.2. The number of amides is 3. The zero-order valence-corrected chi connectivity index (χ0v) is 15.3. The number of urea groups is 1. The van der Waals surface area contributed by atoms with Gasteiger partial charge in [0, 0.05) is 39.8 Å². The Morgan fingerprint density at radius 3 is 2.65 bits per heavy atom. The number of aryl methyl sites for hydroxylation is 1. The number of carbonyl (C=O) groups excluding carboxylic acids is 2. The normalized spacial score (nSPS) is 16.5. The average Bonchev–Trinajstić information content (AvgIpc) is 3.03. The van der Waals surface area contributed by atoms with Gasteiger partial charge in [0.2, 0.25) is 5.91 Å². The van der Waals surface area contributed by atoms with E-state index in [1.54, 1.807) is 24.1 Å². The highest BCUT2D eigenvalue weighted by Crippen LogP contribution is 2.23. The number of nitrogens with zero attached hydrogens (tertiary/aromatic N) is 6. The lowest BCUT2D eigenvalue weighted by Crippen LogP contribution is -2.55. The average molecular weight is 360 g/mol. The van der Waals surface area contributed by atoms with Crippen LogP contribution in [0, 0.1) is 0 Å². The smallest absolute Gasteiger partial charge is 0.321 e. The van der Waals surface area contributed by atoms with Crippen LogP contribution in [0.5, 0.6) is 0 Å². The number of imide groups is 1. The minimum Gasteiger partial charge on any atom is -0.353 e. The summed E-state index contributed by atoms with van der Waals surface area (Å²) >= 11 is 0. The Morgan fingerprint density at radius 1 is 1.23 bits per heavy atom. The maximum atomic E-state index is 12.2. The third-order valence-corrected chi connectivity index (χ3v) is 4.62. The van der Waals surface area contributed by atoms with Crippen LogP contribution in [-0.2, 0) is 11.8 Å². The lowest BCUT2D eigenvalue weighted by molar-refractivity contribution is -0.124. The maximum Gasteiger partial charge on any atom is 0.321 e. The summed E-state index contributed by atoms with van der Waals surface area (Å²) in [5.74, 6) is 0.572. The van der Waals surface area contributed by atoms with Crippen molar-refractivity contribution in [2.24, 2.45) is 7.05 Å². The van der Waals surface area contributed by atoms with E-state index in [-0.39, 0.29) is 11.9 Å². The summed E-state index contributed by atoms with van der Waals surface area (Å²) in [6.07, 6.45) is 3.33. The molecule has 0 aliphatic carbocycles. The highest BCUT2D eigenvalue weighted by molar-refractivity contribution is 5.96. The van der Waals surface area contributed by atoms with Crippen molar-refractivity contribution < 1.29 is 9.59 Å². The predicted octanol–water partition coefficient (Wildman–Crippen LogP) is -0.280. The van der Waals surface area contributed by atoms with Gasteiger partial charge in [-0.2, -0.15) is 5.10 Å². The molecule has 26 heavy (non-hydrogen) atoms. The van der Waals surface area contributed by atoms with Crippen molar-refractivity contribution in [2.75, 3.05) is 37.6 Å². The molecule has 1 unspecified atom stereocenters. The molecule has 2 N–H and O–H groups in total. The summed E-state index contributed by atoms with van der Waals surface area (Å²) in [7, 11) is 1.85. The highest BCUT2D eigenvalue weighted by Gasteiger charge is 2.27. The number of rotatable bonds is 4. The fraction of sp³-hybridized carbons (Fsp3) is 0.562. The van der Waals surface area contributed by atoms with Crippen molar-refractivity contribution in [3.8, 4) is 0 Å². The second-order valence-electron chi connectivity index (χ2n) is 6.25. The Bertz CT molecular complexity index is 797. The first-order chi connectivity index (χ1) is 12.5. The summed E-state index contributed by atoms with van der Waals surface area (Å²) in [6.45, 7) is 6.98. The van der Waals surface area contributed by atoms with E-state index in [4.69, 9.17) is 0 Å². The molecule has 3 rings (SSSR count). The van der Waals surface area contributed by atoms with Crippen LogP contribution in [0.4, 0.5) is 10.6 Å². The van der Waals surface area contributed by atoms with E-state index in [2.05, 4.69) is 35.5 Å². The number of anilines is 1. The van der Waals surface area contributed by atoms with Crippen molar-refractivity contribution >= 4 is 28.8 Å². The first kappa shape index (κ1) is 18.1. The molecule has 3 heterocycles. The van der Waals surface area contributed by atoms with Crippen LogP contribution in [0.2, 0.25) is 0 Å². The van der Waals surface area contributed by atoms with Gasteiger partial charge in [0.25, 0.3) is 0 Å². The lowest BCUT2D eigenvalue weighted by atomic mass is 10.2. The van der Waals surface area contributed by atoms with E-state index in [1.807, 2.05) is 14.0 Å². The molecule has 1 fully saturated rings. The quantitative estimate of drug-likeness (QED) is 0.772. The SMILES string of the molecule is CCNC(=O)NC(=O)C(C)N1CCN(c2ncnc3c2cnn3C)CC1. The molecule has 0 bridgehead atoms. The summed E-state index contributed by atoms with van der Waals surface area (Å²) < 4.78 is 1.73. The number of hydrogen-bond acceptors (Lipinski definition) is 7. The molecule has 0 saturated carbocycles. The zero-order valence-electron chi connectivity index (χ0n) is 15.3. The van der Waals surface area contributed by atoms with Crippen molar-refractivity contribution in [1.82, 2.24) is 35.3 Å². The summed E-state index contributed by atoms with van der Waals surface area (Å²) in [5.41, 5.74) is 0.798. The van der Waals surface area contributed by atoms with Crippen LogP contribution in [0.25, 0.3) is 11.0 Å². The van der Waals surface area contributed by atoms with Gasteiger partial charge in [-0.3, -0.25) is 19.7 Å². The van der Waals surface area contributed by atoms with Crippen LogP contribution in [0.15, 0.2) is 12.5 Å². The number of aromatic nitrogens is 4. The fourth-order valence-electron chi connectivity index (χ4n) is 3.11. The molecule has 0 spiro atoms. The molecule has 2 aromatic rings. The van der Waals surface area contributed by atoms with Crippen molar-refractivity contribution in [2.45, 2.75) is 19.9 Å². The van der Waals surface area contributed by atoms with Crippen LogP contribution in [0.1, 0.15) is 13.8 Å². The fourth-order valence-corrected chi connectivity index (χ4v) is 3.11. The number of hydrogen-bond donors (Lipinski definition) is 2. The molecule has 2 aromatic heterocycles. The topological polar surface area (TPSA) is 108 Å². The molecule has 10 nitrogen and oxygen atoms in total. The first-order valence-electron chi connectivity index (χ1n) is 8.71. The highest BCUT2D eigenvalue weighted by atomic mass is 16.2. The predicted molar refractivity (Wildman–Crippen MR) is 96.8 cm³/mol. The molecule has 1 atom stereocenters. The van der Waals surface area contributed by atoms with E-state index >= 15 is 0 Å². The minimum absolute atomic E-state index is 0.291. The molecule has 1 aliphatic heterocycles. The summed E-state index contributed by atoms with van der Waals surface area (Å²) in [4.78, 5) is 36.6. The summed E-state index contributed by atoms with van der Waals surface area (Å²) in [6, 6.07) is -0.827. The van der Waals surface area contributed by atoms with Crippen LogP contribution >= 0.6 is 0 Å². The van der Waals surface area contributed by atoms with Crippen molar-refractivity contribution in [3.05, 3.63) is 12.5 Å². The Kier molecular flexibility index (Phi) is 5.31. The van der Waals surface area contributed by atoms with Gasteiger partial charge in [0.1, 0.15) is 12.1 Å². The van der Waals surface area contributed by atoms with E-state index in [0.717, 1.165) is 29.9 Å². The Labute approximate surface area is 151 Å². The van der Waals surface area contributed by atoms with Gasteiger partial charge >= 0.3 is 6.03 Å². The van der Waals surface area contributed by atoms with E-state index < -0.39 is 6.03 Å². The molecule has 140 valence electrons. The summed E-state index contributed by atoms with van der Waals surface area (Å²) in [5, 5.41) is 10.1. The van der Waals surface area contributed by atoms with Crippen LogP contribution in [-0.4, -0.2) is 75.4 Å². The van der Waals surface area contributed by atoms with Gasteiger partial charge in [-0.1, -0.05) is 0 Å². The van der Waals surface area contributed by atoms with Gasteiger partial charge in [0.05, 0.1) is 17.6 Å². The zero-order chi connectivity index (χ0) is 18.7. The number of fused-ring (bicyclic) bond motifs is 1. The first-order valence-corrected chi connectivity index (χ1v) is 8.71. The molecule has 3 amide bonds. The molecular formula is C16H24N8O2. The van der Waals surface area contributed by atoms with Gasteiger partial charge in [0.15, 0.2) is 5.65 Å². The number of carbonyl (C=O) groups is 2. The van der Waals surface area contributed by atoms with Crippen LogP contribution < -0.4 is 15.5 Å². The molecule has 10 heteroatoms. The monoisotopic (exact) mass is 360 g/mol. The van der Waals surface area contributed by atoms with Crippen LogP contribution in [0.3, 0.4) is 0 Å². The lowest BCUT2D eigenvalue weighted by Gasteiger charge is -2.37. The van der Waals surface area contributed by atoms with Gasteiger partial charge in [-0.15, -0.1) is 0 Å². The van der Waals surface area contributed by atoms with Gasteiger partial charge in [-0.25, -0.2) is 14.8 Å². The standard InChI is InChI=1S/C16H24N8O2/c1-4-17-16(26)21-15(25)11(2)23-5-7-24(8-6-23)14-12-9-20-22(3)13(12)18-10-19-14/h9-11H,4-8H2,1-3H3,(H2,17,21,25,26). The van der Waals surface area contributed by atoms with Crippen molar-refractivity contribution in [1.29, 1.82) is 0 Å². The van der Waals surface area contributed by atoms with E-state index in [1.165, 1.54) is 0 Å². The molecule has 1 aliphatic rings. The largest absolute Gasteiger partial charge is 0.353 e. The Balaban J connectivity index is 1.62. The second kappa shape index (κ2) is 7.65. The molecule has 1 saturated heterocycles. The minimum atomic E-state index is -0.456. The van der Waals surface area contributed by atoms with Gasteiger partial charge < -0.3 is 10.2 Å². The van der Waals surface area contributed by atoms with Crippen molar-refractivity contribution in [3.63, 3.8) is 0 Å². The van der Waals surface area contributed by atoms with E-state index in [0.29, 0.717) is 19.6 Å². The molecule has 0 aromatic carbocycles.